The van der Waals surface area contributed by atoms with Crippen molar-refractivity contribution < 1.29 is 9.53 Å². The van der Waals surface area contributed by atoms with Crippen LogP contribution in [0.2, 0.25) is 0 Å². The van der Waals surface area contributed by atoms with Gasteiger partial charge in [0.2, 0.25) is 0 Å². The van der Waals surface area contributed by atoms with Crippen LogP contribution in [0.4, 0.5) is 0 Å². The number of ether oxygens (including phenoxy) is 1. The van der Waals surface area contributed by atoms with Crippen molar-refractivity contribution in [1.82, 2.24) is 4.98 Å². The molecule has 1 aliphatic carbocycles. The van der Waals surface area contributed by atoms with Crippen molar-refractivity contribution in [3.05, 3.63) is 59.4 Å². The Morgan fingerprint density at radius 1 is 1.33 bits per heavy atom. The molecule has 21 heavy (non-hydrogen) atoms. The minimum absolute atomic E-state index is 0.135. The summed E-state index contributed by atoms with van der Waals surface area (Å²) in [5, 5.41) is 0. The predicted octanol–water partition coefficient (Wildman–Crippen LogP) is 3.78. The molecule has 0 saturated carbocycles. The first-order valence-electron chi connectivity index (χ1n) is 7.38. The van der Waals surface area contributed by atoms with Crippen LogP contribution in [0, 0.1) is 0 Å². The van der Waals surface area contributed by atoms with Gasteiger partial charge in [-0.1, -0.05) is 24.3 Å². The molecule has 0 spiro atoms. The number of benzene rings is 1. The molecule has 3 heteroatoms. The third kappa shape index (κ3) is 2.82. The number of hydrogen-bond donors (Lipinski definition) is 0. The summed E-state index contributed by atoms with van der Waals surface area (Å²) in [4.78, 5) is 16.6. The van der Waals surface area contributed by atoms with E-state index < -0.39 is 0 Å². The molecule has 0 aliphatic heterocycles. The van der Waals surface area contributed by atoms with Crippen LogP contribution in [0.5, 0.6) is 5.75 Å². The lowest BCUT2D eigenvalue weighted by Crippen LogP contribution is -2.14. The highest BCUT2D eigenvalue weighted by atomic mass is 16.5. The van der Waals surface area contributed by atoms with E-state index in [0.29, 0.717) is 23.7 Å². The van der Waals surface area contributed by atoms with Crippen LogP contribution in [0.1, 0.15) is 46.7 Å². The van der Waals surface area contributed by atoms with Crippen LogP contribution in [0.15, 0.2) is 42.7 Å². The Balaban J connectivity index is 1.83. The molecule has 3 nitrogen and oxygen atoms in total. The minimum atomic E-state index is 0.135. The maximum absolute atomic E-state index is 12.6. The van der Waals surface area contributed by atoms with Gasteiger partial charge in [0, 0.05) is 12.6 Å². The smallest absolute Gasteiger partial charge is 0.167 e. The summed E-state index contributed by atoms with van der Waals surface area (Å²) in [5.41, 5.74) is 3.36. The van der Waals surface area contributed by atoms with Gasteiger partial charge in [0.15, 0.2) is 5.78 Å². The Hall–Kier alpha value is -2.16. The summed E-state index contributed by atoms with van der Waals surface area (Å²) in [6.07, 6.45) is 7.14. The molecule has 0 saturated heterocycles. The molecular formula is C18H19NO2. The minimum Gasteiger partial charge on any atom is -0.494 e. The lowest BCUT2D eigenvalue weighted by Gasteiger charge is -2.25. The standard InChI is InChI=1S/C18H19NO2/c1-21-18-12-19-10-9-16(18)17(20)11-14-7-4-6-13-5-2-3-8-15(13)14/h2-3,5,8-10,12,14H,4,6-7,11H2,1H3. The van der Waals surface area contributed by atoms with Gasteiger partial charge < -0.3 is 4.74 Å². The SMILES string of the molecule is COc1cnccc1C(=O)CC1CCCc2ccccc21. The van der Waals surface area contributed by atoms with E-state index in [9.17, 15) is 4.79 Å². The molecule has 0 N–H and O–H groups in total. The molecule has 3 rings (SSSR count). The second kappa shape index (κ2) is 6.08. The third-order valence-corrected chi connectivity index (χ3v) is 4.23. The quantitative estimate of drug-likeness (QED) is 0.800. The number of fused-ring (bicyclic) bond motifs is 1. The van der Waals surface area contributed by atoms with E-state index in [4.69, 9.17) is 4.74 Å². The molecular weight excluding hydrogens is 262 g/mol. The Morgan fingerprint density at radius 2 is 2.19 bits per heavy atom. The van der Waals surface area contributed by atoms with Crippen LogP contribution in [0.3, 0.4) is 0 Å². The first-order chi connectivity index (χ1) is 10.3. The number of aromatic nitrogens is 1. The summed E-state index contributed by atoms with van der Waals surface area (Å²) in [6.45, 7) is 0. The lowest BCUT2D eigenvalue weighted by atomic mass is 9.79. The van der Waals surface area contributed by atoms with E-state index in [0.717, 1.165) is 19.3 Å². The molecule has 0 amide bonds. The van der Waals surface area contributed by atoms with Gasteiger partial charge in [-0.25, -0.2) is 0 Å². The van der Waals surface area contributed by atoms with Gasteiger partial charge in [0.05, 0.1) is 18.9 Å². The number of ketones is 1. The number of carbonyl (C=O) groups excluding carboxylic acids is 1. The number of carbonyl (C=O) groups is 1. The van der Waals surface area contributed by atoms with Gasteiger partial charge in [-0.2, -0.15) is 0 Å². The van der Waals surface area contributed by atoms with Crippen LogP contribution < -0.4 is 4.74 Å². The highest BCUT2D eigenvalue weighted by Crippen LogP contribution is 2.35. The Labute approximate surface area is 125 Å². The Kier molecular flexibility index (Phi) is 4.00. The first kappa shape index (κ1) is 13.8. The molecule has 1 atom stereocenters. The predicted molar refractivity (Wildman–Crippen MR) is 81.9 cm³/mol. The van der Waals surface area contributed by atoms with Crippen LogP contribution in [-0.2, 0) is 6.42 Å². The topological polar surface area (TPSA) is 39.2 Å². The molecule has 0 bridgehead atoms. The maximum atomic E-state index is 12.6. The average Bonchev–Trinajstić information content (AvgIpc) is 2.55. The van der Waals surface area contributed by atoms with E-state index in [2.05, 4.69) is 29.2 Å². The zero-order chi connectivity index (χ0) is 14.7. The number of hydrogen-bond acceptors (Lipinski definition) is 3. The summed E-state index contributed by atoms with van der Waals surface area (Å²) in [7, 11) is 1.57. The van der Waals surface area contributed by atoms with Gasteiger partial charge in [-0.15, -0.1) is 0 Å². The zero-order valence-corrected chi connectivity index (χ0v) is 12.2. The number of methoxy groups -OCH3 is 1. The largest absolute Gasteiger partial charge is 0.494 e. The van der Waals surface area contributed by atoms with Crippen molar-refractivity contribution in [3.8, 4) is 5.75 Å². The summed E-state index contributed by atoms with van der Waals surface area (Å²) < 4.78 is 5.24. The molecule has 108 valence electrons. The molecule has 1 aromatic carbocycles. The number of rotatable bonds is 4. The van der Waals surface area contributed by atoms with Crippen LogP contribution in [0.25, 0.3) is 0 Å². The number of aryl methyl sites for hydroxylation is 1. The second-order valence-corrected chi connectivity index (χ2v) is 5.49. The fourth-order valence-corrected chi connectivity index (χ4v) is 3.17. The summed E-state index contributed by atoms with van der Waals surface area (Å²) in [6, 6.07) is 10.2. The number of nitrogens with zero attached hydrogens (tertiary/aromatic N) is 1. The van der Waals surface area contributed by atoms with E-state index in [1.165, 1.54) is 11.1 Å². The van der Waals surface area contributed by atoms with E-state index in [1.807, 2.05) is 0 Å². The Bertz CT molecular complexity index is 651. The monoisotopic (exact) mass is 281 g/mol. The second-order valence-electron chi connectivity index (χ2n) is 5.49. The summed E-state index contributed by atoms with van der Waals surface area (Å²) >= 11 is 0. The van der Waals surface area contributed by atoms with Crippen LogP contribution in [-0.4, -0.2) is 17.9 Å². The number of Topliss-reactive ketones (excluding diaryl/α,β-unsaturated/α-hetero) is 1. The average molecular weight is 281 g/mol. The highest BCUT2D eigenvalue weighted by molar-refractivity contribution is 5.99. The van der Waals surface area contributed by atoms with Gasteiger partial charge in [-0.05, 0) is 42.4 Å². The van der Waals surface area contributed by atoms with E-state index in [1.54, 1.807) is 25.6 Å². The van der Waals surface area contributed by atoms with E-state index in [-0.39, 0.29) is 5.78 Å². The normalized spacial score (nSPS) is 17.1. The van der Waals surface area contributed by atoms with Crippen molar-refractivity contribution in [2.75, 3.05) is 7.11 Å². The highest BCUT2D eigenvalue weighted by Gasteiger charge is 2.24. The maximum Gasteiger partial charge on any atom is 0.167 e. The van der Waals surface area contributed by atoms with Crippen molar-refractivity contribution in [3.63, 3.8) is 0 Å². The van der Waals surface area contributed by atoms with E-state index >= 15 is 0 Å². The van der Waals surface area contributed by atoms with Gasteiger partial charge in [-0.3, -0.25) is 9.78 Å². The van der Waals surface area contributed by atoms with Gasteiger partial charge in [0.25, 0.3) is 0 Å². The zero-order valence-electron chi connectivity index (χ0n) is 12.2. The van der Waals surface area contributed by atoms with Crippen molar-refractivity contribution in [2.24, 2.45) is 0 Å². The van der Waals surface area contributed by atoms with Crippen LogP contribution >= 0.6 is 0 Å². The fraction of sp³-hybridized carbons (Fsp3) is 0.333. The molecule has 0 fully saturated rings. The van der Waals surface area contributed by atoms with Crippen molar-refractivity contribution in [2.45, 2.75) is 31.6 Å². The van der Waals surface area contributed by atoms with Crippen molar-refractivity contribution in [1.29, 1.82) is 0 Å². The molecule has 1 aromatic heterocycles. The van der Waals surface area contributed by atoms with Gasteiger partial charge >= 0.3 is 0 Å². The molecule has 0 radical (unpaired) electrons. The molecule has 1 heterocycles. The lowest BCUT2D eigenvalue weighted by molar-refractivity contribution is 0.0968. The van der Waals surface area contributed by atoms with Gasteiger partial charge in [0.1, 0.15) is 5.75 Å². The summed E-state index contributed by atoms with van der Waals surface area (Å²) in [5.74, 6) is 1.02. The Morgan fingerprint density at radius 3 is 3.05 bits per heavy atom. The van der Waals surface area contributed by atoms with Crippen molar-refractivity contribution >= 4 is 5.78 Å². The fourth-order valence-electron chi connectivity index (χ4n) is 3.17. The molecule has 1 unspecified atom stereocenters. The third-order valence-electron chi connectivity index (χ3n) is 4.23. The first-order valence-corrected chi connectivity index (χ1v) is 7.38. The molecule has 1 aliphatic rings. The molecule has 2 aromatic rings. The number of pyridine rings is 1.